The van der Waals surface area contributed by atoms with Gasteiger partial charge >= 0.3 is 0 Å². The number of hydrogen-bond acceptors (Lipinski definition) is 1. The van der Waals surface area contributed by atoms with E-state index in [2.05, 4.69) is 31.5 Å². The molecule has 0 fully saturated rings. The number of rotatable bonds is 2. The van der Waals surface area contributed by atoms with Gasteiger partial charge in [0.2, 0.25) is 0 Å². The van der Waals surface area contributed by atoms with Gasteiger partial charge in [0.05, 0.1) is 5.52 Å². The van der Waals surface area contributed by atoms with E-state index < -0.39 is 0 Å². The summed E-state index contributed by atoms with van der Waals surface area (Å²) >= 11 is 6.16. The van der Waals surface area contributed by atoms with Crippen LogP contribution in [0.15, 0.2) is 12.1 Å². The quantitative estimate of drug-likeness (QED) is 0.854. The zero-order valence-electron chi connectivity index (χ0n) is 9.97. The van der Waals surface area contributed by atoms with E-state index in [4.69, 9.17) is 17.3 Å². The van der Waals surface area contributed by atoms with Gasteiger partial charge in [-0.05, 0) is 37.6 Å². The maximum absolute atomic E-state index is 6.16. The van der Waals surface area contributed by atoms with Crippen LogP contribution in [0, 0.1) is 13.8 Å². The fourth-order valence-corrected chi connectivity index (χ4v) is 2.60. The molecule has 1 heterocycles. The molecule has 1 aromatic heterocycles. The molecule has 2 nitrogen and oxygen atoms in total. The lowest BCUT2D eigenvalue weighted by molar-refractivity contribution is 0.818. The molecule has 2 aromatic rings. The van der Waals surface area contributed by atoms with Crippen LogP contribution in [-0.4, -0.2) is 11.1 Å². The summed E-state index contributed by atoms with van der Waals surface area (Å²) < 4.78 is 2.22. The minimum atomic E-state index is 0.678. The molecule has 3 heteroatoms. The number of benzene rings is 1. The van der Waals surface area contributed by atoms with Crippen LogP contribution in [0.1, 0.15) is 16.8 Å². The van der Waals surface area contributed by atoms with Crippen LogP contribution in [0.2, 0.25) is 5.02 Å². The lowest BCUT2D eigenvalue weighted by Gasteiger charge is -2.06. The predicted octanol–water partition coefficient (Wildman–Crippen LogP) is 2.95. The van der Waals surface area contributed by atoms with Crippen molar-refractivity contribution in [3.05, 3.63) is 34.0 Å². The second-order valence-electron chi connectivity index (χ2n) is 4.24. The average molecular weight is 237 g/mol. The maximum Gasteiger partial charge on any atom is 0.0527 e. The molecule has 86 valence electrons. The van der Waals surface area contributed by atoms with Gasteiger partial charge in [0, 0.05) is 29.6 Å². The number of nitrogens with two attached hydrogens (primary N) is 1. The Bertz CT molecular complexity index is 541. The van der Waals surface area contributed by atoms with Crippen LogP contribution < -0.4 is 5.73 Å². The summed E-state index contributed by atoms with van der Waals surface area (Å²) in [7, 11) is 2.09. The van der Waals surface area contributed by atoms with Gasteiger partial charge in [-0.2, -0.15) is 0 Å². The standard InChI is InChI=1S/C13H17ClN2/c1-8-10-4-5-11(14)9(2)13(10)16(3)12(8)6-7-15/h4-5H,6-7,15H2,1-3H3. The SMILES string of the molecule is Cc1c(CCN)n(C)c2c(C)c(Cl)ccc12. The highest BCUT2D eigenvalue weighted by Crippen LogP contribution is 2.31. The first kappa shape index (κ1) is 11.5. The second-order valence-corrected chi connectivity index (χ2v) is 4.65. The third-order valence-electron chi connectivity index (χ3n) is 3.32. The Balaban J connectivity index is 2.83. The number of hydrogen-bond donors (Lipinski definition) is 1. The van der Waals surface area contributed by atoms with Crippen molar-refractivity contribution in [2.24, 2.45) is 12.8 Å². The van der Waals surface area contributed by atoms with Crippen molar-refractivity contribution in [3.8, 4) is 0 Å². The summed E-state index contributed by atoms with van der Waals surface area (Å²) in [6.07, 6.45) is 0.911. The van der Waals surface area contributed by atoms with Crippen LogP contribution >= 0.6 is 11.6 Å². The van der Waals surface area contributed by atoms with Gasteiger partial charge in [0.15, 0.2) is 0 Å². The van der Waals surface area contributed by atoms with Gasteiger partial charge in [0.1, 0.15) is 0 Å². The zero-order valence-corrected chi connectivity index (χ0v) is 10.7. The molecule has 16 heavy (non-hydrogen) atoms. The van der Waals surface area contributed by atoms with Gasteiger partial charge in [-0.3, -0.25) is 0 Å². The third kappa shape index (κ3) is 1.53. The van der Waals surface area contributed by atoms with Gasteiger partial charge in [-0.25, -0.2) is 0 Å². The van der Waals surface area contributed by atoms with Crippen LogP contribution in [0.25, 0.3) is 10.9 Å². The fraction of sp³-hybridized carbons (Fsp3) is 0.385. The number of nitrogens with zero attached hydrogens (tertiary/aromatic N) is 1. The summed E-state index contributed by atoms with van der Waals surface area (Å²) in [5.74, 6) is 0. The van der Waals surface area contributed by atoms with E-state index in [1.54, 1.807) is 0 Å². The largest absolute Gasteiger partial charge is 0.347 e. The smallest absolute Gasteiger partial charge is 0.0527 e. The number of fused-ring (bicyclic) bond motifs is 1. The van der Waals surface area contributed by atoms with Crippen LogP contribution in [0.5, 0.6) is 0 Å². The molecule has 0 atom stereocenters. The highest BCUT2D eigenvalue weighted by Gasteiger charge is 2.13. The molecule has 0 saturated carbocycles. The molecular formula is C13H17ClN2. The van der Waals surface area contributed by atoms with E-state index >= 15 is 0 Å². The van der Waals surface area contributed by atoms with Gasteiger partial charge in [0.25, 0.3) is 0 Å². The minimum Gasteiger partial charge on any atom is -0.347 e. The van der Waals surface area contributed by atoms with Crippen molar-refractivity contribution >= 4 is 22.5 Å². The Hall–Kier alpha value is -0.990. The Labute approximate surface area is 101 Å². The normalized spacial score (nSPS) is 11.3. The molecule has 1 aromatic carbocycles. The molecule has 2 rings (SSSR count). The van der Waals surface area contributed by atoms with E-state index in [1.807, 2.05) is 6.07 Å². The van der Waals surface area contributed by atoms with Crippen molar-refractivity contribution in [2.45, 2.75) is 20.3 Å². The molecule has 0 bridgehead atoms. The highest BCUT2D eigenvalue weighted by molar-refractivity contribution is 6.32. The average Bonchev–Trinajstić information content (AvgIpc) is 2.49. The maximum atomic E-state index is 6.16. The van der Waals surface area contributed by atoms with Crippen molar-refractivity contribution in [1.29, 1.82) is 0 Å². The first-order chi connectivity index (χ1) is 7.57. The lowest BCUT2D eigenvalue weighted by Crippen LogP contribution is -2.07. The van der Waals surface area contributed by atoms with Crippen molar-refractivity contribution < 1.29 is 0 Å². The summed E-state index contributed by atoms with van der Waals surface area (Å²) in [5.41, 5.74) is 10.7. The Morgan fingerprint density at radius 1 is 1.25 bits per heavy atom. The van der Waals surface area contributed by atoms with Crippen molar-refractivity contribution in [3.63, 3.8) is 0 Å². The number of aromatic nitrogens is 1. The van der Waals surface area contributed by atoms with E-state index in [0.29, 0.717) is 6.54 Å². The first-order valence-corrected chi connectivity index (χ1v) is 5.88. The monoisotopic (exact) mass is 236 g/mol. The van der Waals surface area contributed by atoms with Crippen LogP contribution in [0.3, 0.4) is 0 Å². The van der Waals surface area contributed by atoms with Gasteiger partial charge in [-0.15, -0.1) is 0 Å². The second kappa shape index (κ2) is 4.11. The third-order valence-corrected chi connectivity index (χ3v) is 3.73. The molecule has 0 aliphatic carbocycles. The molecular weight excluding hydrogens is 220 g/mol. The molecule has 2 N–H and O–H groups in total. The van der Waals surface area contributed by atoms with Crippen LogP contribution in [-0.2, 0) is 13.5 Å². The molecule has 0 radical (unpaired) electrons. The van der Waals surface area contributed by atoms with Crippen molar-refractivity contribution in [2.75, 3.05) is 6.54 Å². The molecule has 0 aliphatic rings. The van der Waals surface area contributed by atoms with Gasteiger partial charge in [-0.1, -0.05) is 17.7 Å². The van der Waals surface area contributed by atoms with Crippen molar-refractivity contribution in [1.82, 2.24) is 4.57 Å². The minimum absolute atomic E-state index is 0.678. The lowest BCUT2D eigenvalue weighted by atomic mass is 10.1. The fourth-order valence-electron chi connectivity index (χ4n) is 2.44. The first-order valence-electron chi connectivity index (χ1n) is 5.51. The van der Waals surface area contributed by atoms with E-state index in [1.165, 1.54) is 22.2 Å². The predicted molar refractivity (Wildman–Crippen MR) is 70.2 cm³/mol. The van der Waals surface area contributed by atoms with Gasteiger partial charge < -0.3 is 10.3 Å². The summed E-state index contributed by atoms with van der Waals surface area (Å²) in [5, 5.41) is 2.11. The van der Waals surface area contributed by atoms with Crippen LogP contribution in [0.4, 0.5) is 0 Å². The topological polar surface area (TPSA) is 30.9 Å². The summed E-state index contributed by atoms with van der Waals surface area (Å²) in [4.78, 5) is 0. The molecule has 0 amide bonds. The number of halogens is 1. The Morgan fingerprint density at radius 2 is 1.94 bits per heavy atom. The Kier molecular flexibility index (Phi) is 2.96. The molecule has 0 unspecified atom stereocenters. The summed E-state index contributed by atoms with van der Waals surface area (Å²) in [6.45, 7) is 4.90. The highest BCUT2D eigenvalue weighted by atomic mass is 35.5. The molecule has 0 spiro atoms. The zero-order chi connectivity index (χ0) is 11.9. The molecule has 0 aliphatic heterocycles. The Morgan fingerprint density at radius 3 is 2.56 bits per heavy atom. The van der Waals surface area contributed by atoms with E-state index in [9.17, 15) is 0 Å². The van der Waals surface area contributed by atoms with E-state index in [0.717, 1.165) is 17.0 Å². The summed E-state index contributed by atoms with van der Waals surface area (Å²) in [6, 6.07) is 4.07. The number of aryl methyl sites for hydroxylation is 3. The van der Waals surface area contributed by atoms with E-state index in [-0.39, 0.29) is 0 Å². The molecule has 0 saturated heterocycles.